The number of Topliss-reactive ketones (excluding diaryl/α,β-unsaturated/α-hetero) is 1. The van der Waals surface area contributed by atoms with Gasteiger partial charge in [0.25, 0.3) is 17.4 Å². The van der Waals surface area contributed by atoms with Crippen LogP contribution in [0.1, 0.15) is 48.1 Å². The summed E-state index contributed by atoms with van der Waals surface area (Å²) in [5.41, 5.74) is 2.10. The lowest BCUT2D eigenvalue weighted by Crippen LogP contribution is -2.29. The first-order valence-electron chi connectivity index (χ1n) is 12.0. The van der Waals surface area contributed by atoms with Gasteiger partial charge in [0.2, 0.25) is 0 Å². The molecule has 1 N–H and O–H groups in total. The predicted molar refractivity (Wildman–Crippen MR) is 137 cm³/mol. The Bertz CT molecular complexity index is 1350. The molecule has 1 saturated heterocycles. The van der Waals surface area contributed by atoms with Crippen LogP contribution in [0.2, 0.25) is 0 Å². The molecule has 1 aliphatic heterocycles. The Balaban J connectivity index is 1.79. The minimum atomic E-state index is -0.943. The highest BCUT2D eigenvalue weighted by atomic mass is 16.6. The monoisotopic (exact) mass is 501 g/mol. The first-order valence-corrected chi connectivity index (χ1v) is 12.0. The maximum absolute atomic E-state index is 13.2. The van der Waals surface area contributed by atoms with E-state index in [-0.39, 0.29) is 23.6 Å². The zero-order valence-corrected chi connectivity index (χ0v) is 20.6. The molecule has 9 nitrogen and oxygen atoms in total. The van der Waals surface area contributed by atoms with Crippen LogP contribution in [-0.2, 0) is 16.1 Å². The van der Waals surface area contributed by atoms with Crippen LogP contribution < -0.4 is 4.74 Å². The molecule has 4 rings (SSSR count). The summed E-state index contributed by atoms with van der Waals surface area (Å²) in [6, 6.07) is 13.2. The number of carbonyl (C=O) groups is 2. The van der Waals surface area contributed by atoms with Crippen LogP contribution in [0.3, 0.4) is 0 Å². The van der Waals surface area contributed by atoms with Gasteiger partial charge < -0.3 is 14.7 Å². The van der Waals surface area contributed by atoms with Gasteiger partial charge in [0, 0.05) is 36.6 Å². The van der Waals surface area contributed by atoms with Crippen LogP contribution in [0.5, 0.6) is 5.75 Å². The van der Waals surface area contributed by atoms with Gasteiger partial charge in [0.1, 0.15) is 11.5 Å². The van der Waals surface area contributed by atoms with Crippen molar-refractivity contribution in [3.63, 3.8) is 0 Å². The van der Waals surface area contributed by atoms with Crippen molar-refractivity contribution >= 4 is 23.1 Å². The number of nitrogens with zero attached hydrogens (tertiary/aromatic N) is 3. The van der Waals surface area contributed by atoms with Crippen molar-refractivity contribution in [1.82, 2.24) is 9.88 Å². The molecule has 0 bridgehead atoms. The van der Waals surface area contributed by atoms with Gasteiger partial charge in [-0.2, -0.15) is 0 Å². The summed E-state index contributed by atoms with van der Waals surface area (Å²) in [6.07, 6.45) is 5.10. The number of aromatic nitrogens is 1. The van der Waals surface area contributed by atoms with E-state index in [2.05, 4.69) is 11.9 Å². The summed E-state index contributed by atoms with van der Waals surface area (Å²) in [5.74, 6) is -1.25. The molecular weight excluding hydrogens is 474 g/mol. The molecule has 1 amide bonds. The molecule has 0 radical (unpaired) electrons. The lowest BCUT2D eigenvalue weighted by Gasteiger charge is -2.25. The van der Waals surface area contributed by atoms with Crippen LogP contribution in [-0.4, -0.2) is 38.2 Å². The summed E-state index contributed by atoms with van der Waals surface area (Å²) in [7, 11) is 0. The SMILES string of the molecule is CCCCOc1ccc(C(O)=C2C(=O)C(=O)N(Cc3cccnc3)C2c2ccc([N+](=O)[O-])cc2)cc1C. The molecule has 0 spiro atoms. The Morgan fingerprint density at radius 3 is 2.54 bits per heavy atom. The van der Waals surface area contributed by atoms with Crippen LogP contribution in [0.4, 0.5) is 5.69 Å². The van der Waals surface area contributed by atoms with Gasteiger partial charge in [0.15, 0.2) is 0 Å². The largest absolute Gasteiger partial charge is 0.507 e. The minimum Gasteiger partial charge on any atom is -0.507 e. The molecule has 1 aliphatic rings. The number of aliphatic hydroxyl groups is 1. The number of aryl methyl sites for hydroxylation is 1. The Hall–Kier alpha value is -4.53. The van der Waals surface area contributed by atoms with E-state index in [9.17, 15) is 24.8 Å². The number of carbonyl (C=O) groups excluding carboxylic acids is 2. The molecule has 0 aliphatic carbocycles. The van der Waals surface area contributed by atoms with E-state index in [1.807, 2.05) is 6.92 Å². The second-order valence-corrected chi connectivity index (χ2v) is 8.82. The maximum atomic E-state index is 13.2. The number of hydrogen-bond donors (Lipinski definition) is 1. The number of aliphatic hydroxyl groups excluding tert-OH is 1. The second-order valence-electron chi connectivity index (χ2n) is 8.82. The van der Waals surface area contributed by atoms with Gasteiger partial charge in [-0.05, 0) is 66.4 Å². The summed E-state index contributed by atoms with van der Waals surface area (Å²) in [6.45, 7) is 4.55. The number of pyridine rings is 1. The highest BCUT2D eigenvalue weighted by Gasteiger charge is 2.46. The van der Waals surface area contributed by atoms with E-state index in [4.69, 9.17) is 4.74 Å². The molecule has 3 aromatic rings. The normalized spacial score (nSPS) is 16.7. The smallest absolute Gasteiger partial charge is 0.295 e. The van der Waals surface area contributed by atoms with Gasteiger partial charge in [-0.15, -0.1) is 0 Å². The van der Waals surface area contributed by atoms with Crippen molar-refractivity contribution in [2.45, 2.75) is 39.3 Å². The van der Waals surface area contributed by atoms with E-state index in [0.29, 0.717) is 29.0 Å². The highest BCUT2D eigenvalue weighted by molar-refractivity contribution is 6.46. The summed E-state index contributed by atoms with van der Waals surface area (Å²) in [4.78, 5) is 42.5. The fourth-order valence-electron chi connectivity index (χ4n) is 4.30. The first-order chi connectivity index (χ1) is 17.8. The molecule has 37 heavy (non-hydrogen) atoms. The average molecular weight is 502 g/mol. The number of likely N-dealkylation sites (tertiary alicyclic amines) is 1. The van der Waals surface area contributed by atoms with Gasteiger partial charge in [-0.1, -0.05) is 19.4 Å². The average Bonchev–Trinajstić information content (AvgIpc) is 3.14. The first kappa shape index (κ1) is 25.6. The molecule has 1 fully saturated rings. The van der Waals surface area contributed by atoms with Gasteiger partial charge in [0.05, 0.1) is 23.1 Å². The predicted octanol–water partition coefficient (Wildman–Crippen LogP) is 5.10. The quantitative estimate of drug-likeness (QED) is 0.108. The molecule has 1 atom stereocenters. The highest BCUT2D eigenvalue weighted by Crippen LogP contribution is 2.41. The van der Waals surface area contributed by atoms with Crippen LogP contribution in [0.15, 0.2) is 72.6 Å². The van der Waals surface area contributed by atoms with Crippen molar-refractivity contribution < 1.29 is 24.4 Å². The fourth-order valence-corrected chi connectivity index (χ4v) is 4.30. The number of ether oxygens (including phenoxy) is 1. The zero-order valence-electron chi connectivity index (χ0n) is 20.6. The summed E-state index contributed by atoms with van der Waals surface area (Å²) < 4.78 is 5.79. The number of amides is 1. The van der Waals surface area contributed by atoms with E-state index < -0.39 is 22.7 Å². The van der Waals surface area contributed by atoms with E-state index in [0.717, 1.165) is 18.4 Å². The molecule has 2 heterocycles. The second kappa shape index (κ2) is 11.0. The third-order valence-electron chi connectivity index (χ3n) is 6.24. The van der Waals surface area contributed by atoms with Crippen LogP contribution >= 0.6 is 0 Å². The number of rotatable bonds is 9. The maximum Gasteiger partial charge on any atom is 0.295 e. The number of hydrogen-bond acceptors (Lipinski definition) is 7. The Labute approximate surface area is 214 Å². The van der Waals surface area contributed by atoms with E-state index >= 15 is 0 Å². The topological polar surface area (TPSA) is 123 Å². The third kappa shape index (κ3) is 5.35. The standard InChI is InChI=1S/C28H27N3O6/c1-3-4-14-37-23-12-9-21(15-18(23)2)26(32)24-25(20-7-10-22(11-8-20)31(35)36)30(28(34)27(24)33)17-19-6-5-13-29-16-19/h5-13,15-16,25,32H,3-4,14,17H2,1-2H3. The summed E-state index contributed by atoms with van der Waals surface area (Å²) >= 11 is 0. The Morgan fingerprint density at radius 1 is 1.16 bits per heavy atom. The van der Waals surface area contributed by atoms with Gasteiger partial charge >= 0.3 is 0 Å². The number of unbranched alkanes of at least 4 members (excludes halogenated alkanes) is 1. The number of ketones is 1. The number of non-ortho nitro benzene ring substituents is 1. The van der Waals surface area contributed by atoms with Gasteiger partial charge in [-0.25, -0.2) is 0 Å². The molecule has 2 aromatic carbocycles. The number of benzene rings is 2. The van der Waals surface area contributed by atoms with Crippen molar-refractivity contribution in [2.75, 3.05) is 6.61 Å². The van der Waals surface area contributed by atoms with Crippen molar-refractivity contribution in [2.24, 2.45) is 0 Å². The molecule has 0 saturated carbocycles. The van der Waals surface area contributed by atoms with Crippen LogP contribution in [0, 0.1) is 17.0 Å². The van der Waals surface area contributed by atoms with Crippen LogP contribution in [0.25, 0.3) is 5.76 Å². The number of nitro benzene ring substituents is 1. The molecule has 190 valence electrons. The zero-order chi connectivity index (χ0) is 26.5. The Morgan fingerprint density at radius 2 is 1.92 bits per heavy atom. The lowest BCUT2D eigenvalue weighted by molar-refractivity contribution is -0.384. The minimum absolute atomic E-state index is 0.0695. The number of nitro groups is 1. The molecule has 1 aromatic heterocycles. The third-order valence-corrected chi connectivity index (χ3v) is 6.24. The fraction of sp³-hybridized carbons (Fsp3) is 0.250. The molecule has 1 unspecified atom stereocenters. The van der Waals surface area contributed by atoms with Gasteiger partial charge in [-0.3, -0.25) is 24.7 Å². The molecular formula is C28H27N3O6. The van der Waals surface area contributed by atoms with Crippen molar-refractivity contribution in [3.8, 4) is 5.75 Å². The Kier molecular flexibility index (Phi) is 7.62. The lowest BCUT2D eigenvalue weighted by atomic mass is 9.94. The van der Waals surface area contributed by atoms with Crippen molar-refractivity contribution in [1.29, 1.82) is 0 Å². The molecule has 9 heteroatoms. The van der Waals surface area contributed by atoms with E-state index in [1.54, 1.807) is 42.7 Å². The van der Waals surface area contributed by atoms with E-state index in [1.165, 1.54) is 29.2 Å². The van der Waals surface area contributed by atoms with Crippen molar-refractivity contribution in [3.05, 3.63) is 105 Å². The summed E-state index contributed by atoms with van der Waals surface area (Å²) in [5, 5.41) is 22.5.